The van der Waals surface area contributed by atoms with Crippen molar-refractivity contribution in [3.8, 4) is 0 Å². The van der Waals surface area contributed by atoms with Crippen LogP contribution in [0.15, 0.2) is 30.5 Å². The standard InChI is InChI=1S/C28H34ClN7O8S/c1-14-4-3-5-16(29)20(14)34-25(40)17-13-30-28(45-17)33-18-12-19(32-15(2)31-18)36-8-6-35(7-9-36)10-11-43-27-23(39)21(37)22(38)24(44-27)26(41)42/h3-5,12-13,21-24,27,37-39H,6-11H2,1-2H3,(H,34,40)(H,41,42)(H,30,31,32,33). The number of piperazine rings is 1. The molecule has 17 heteroatoms. The van der Waals surface area contributed by atoms with Gasteiger partial charge in [-0.1, -0.05) is 35.1 Å². The Morgan fingerprint density at radius 1 is 1.11 bits per heavy atom. The van der Waals surface area contributed by atoms with Crippen molar-refractivity contribution in [3.63, 3.8) is 0 Å². The third-order valence-electron chi connectivity index (χ3n) is 7.45. The number of aromatic nitrogens is 3. The molecule has 0 radical (unpaired) electrons. The lowest BCUT2D eigenvalue weighted by Gasteiger charge is -2.39. The molecule has 4 heterocycles. The first-order valence-corrected chi connectivity index (χ1v) is 15.4. The number of para-hydroxylation sites is 1. The Balaban J connectivity index is 1.12. The molecular formula is C28H34ClN7O8S. The van der Waals surface area contributed by atoms with Gasteiger partial charge in [0.25, 0.3) is 5.91 Å². The van der Waals surface area contributed by atoms with Gasteiger partial charge in [0.2, 0.25) is 0 Å². The van der Waals surface area contributed by atoms with E-state index < -0.39 is 36.7 Å². The largest absolute Gasteiger partial charge is 0.479 e. The summed E-state index contributed by atoms with van der Waals surface area (Å²) in [6.07, 6.45) is -6.64. The van der Waals surface area contributed by atoms with Gasteiger partial charge in [0.1, 0.15) is 40.6 Å². The van der Waals surface area contributed by atoms with Crippen molar-refractivity contribution < 1.29 is 39.5 Å². The lowest BCUT2D eigenvalue weighted by molar-refractivity contribution is -0.294. The topological polar surface area (TPSA) is 203 Å². The van der Waals surface area contributed by atoms with Crippen LogP contribution in [0.1, 0.15) is 21.1 Å². The summed E-state index contributed by atoms with van der Waals surface area (Å²) in [7, 11) is 0. The van der Waals surface area contributed by atoms with Gasteiger partial charge >= 0.3 is 5.97 Å². The van der Waals surface area contributed by atoms with Gasteiger partial charge in [0.05, 0.1) is 23.5 Å². The van der Waals surface area contributed by atoms with Crippen molar-refractivity contribution in [3.05, 3.63) is 51.7 Å². The highest BCUT2D eigenvalue weighted by Crippen LogP contribution is 2.29. The molecule has 2 aliphatic rings. The van der Waals surface area contributed by atoms with Crippen molar-refractivity contribution in [2.45, 2.75) is 44.6 Å². The number of hydrogen-bond donors (Lipinski definition) is 6. The number of ether oxygens (including phenoxy) is 2. The minimum absolute atomic E-state index is 0.114. The monoisotopic (exact) mass is 663 g/mol. The Hall–Kier alpha value is -3.48. The molecule has 2 fully saturated rings. The summed E-state index contributed by atoms with van der Waals surface area (Å²) < 4.78 is 10.7. The minimum Gasteiger partial charge on any atom is -0.479 e. The number of carbonyl (C=O) groups excluding carboxylic acids is 1. The molecule has 2 aromatic heterocycles. The van der Waals surface area contributed by atoms with Crippen molar-refractivity contribution >= 4 is 57.3 Å². The summed E-state index contributed by atoms with van der Waals surface area (Å²) in [5.74, 6) is 0.0561. The average Bonchev–Trinajstić information content (AvgIpc) is 3.47. The zero-order valence-corrected chi connectivity index (χ0v) is 26.0. The maximum atomic E-state index is 12.8. The molecule has 1 aromatic carbocycles. The van der Waals surface area contributed by atoms with Gasteiger partial charge in [0, 0.05) is 38.8 Å². The zero-order valence-electron chi connectivity index (χ0n) is 24.5. The highest BCUT2D eigenvalue weighted by atomic mass is 35.5. The number of anilines is 4. The molecule has 5 unspecified atom stereocenters. The van der Waals surface area contributed by atoms with E-state index in [0.717, 1.165) is 11.4 Å². The molecule has 2 aliphatic heterocycles. The summed E-state index contributed by atoms with van der Waals surface area (Å²) in [6, 6.07) is 7.22. The van der Waals surface area contributed by atoms with Crippen LogP contribution in [0.25, 0.3) is 0 Å². The van der Waals surface area contributed by atoms with Crippen LogP contribution in [0.4, 0.5) is 22.5 Å². The number of thiazole rings is 1. The number of benzene rings is 1. The van der Waals surface area contributed by atoms with E-state index in [-0.39, 0.29) is 12.5 Å². The lowest BCUT2D eigenvalue weighted by atomic mass is 9.99. The van der Waals surface area contributed by atoms with E-state index in [1.165, 1.54) is 17.5 Å². The fourth-order valence-corrected chi connectivity index (χ4v) is 5.97. The zero-order chi connectivity index (χ0) is 32.2. The minimum atomic E-state index is -1.76. The van der Waals surface area contributed by atoms with Crippen LogP contribution in [-0.2, 0) is 14.3 Å². The number of carboxylic acid groups (broad SMARTS) is 1. The van der Waals surface area contributed by atoms with Crippen molar-refractivity contribution in [1.82, 2.24) is 19.9 Å². The molecule has 2 saturated heterocycles. The Bertz CT molecular complexity index is 1500. The van der Waals surface area contributed by atoms with Crippen LogP contribution in [-0.4, -0.2) is 122 Å². The normalized spacial score (nSPS) is 24.0. The Kier molecular flexibility index (Phi) is 10.5. The highest BCUT2D eigenvalue weighted by Gasteiger charge is 2.47. The summed E-state index contributed by atoms with van der Waals surface area (Å²) in [5, 5.41) is 46.0. The Morgan fingerprint density at radius 2 is 1.87 bits per heavy atom. The Morgan fingerprint density at radius 3 is 2.58 bits per heavy atom. The van der Waals surface area contributed by atoms with Crippen molar-refractivity contribution in [2.24, 2.45) is 0 Å². The number of amides is 1. The fourth-order valence-electron chi connectivity index (χ4n) is 4.98. The molecule has 1 amide bonds. The molecule has 5 atom stereocenters. The first kappa shape index (κ1) is 32.9. The van der Waals surface area contributed by atoms with Crippen LogP contribution < -0.4 is 15.5 Å². The molecule has 45 heavy (non-hydrogen) atoms. The average molecular weight is 664 g/mol. The fraction of sp³-hybridized carbons (Fsp3) is 0.464. The second kappa shape index (κ2) is 14.3. The number of carboxylic acids is 1. The third kappa shape index (κ3) is 7.85. The predicted octanol–water partition coefficient (Wildman–Crippen LogP) is 1.23. The summed E-state index contributed by atoms with van der Waals surface area (Å²) in [5.41, 5.74) is 1.41. The molecule has 5 rings (SSSR count). The number of halogens is 1. The summed E-state index contributed by atoms with van der Waals surface area (Å²) >= 11 is 7.43. The quantitative estimate of drug-likeness (QED) is 0.181. The van der Waals surface area contributed by atoms with Gasteiger partial charge in [-0.2, -0.15) is 0 Å². The van der Waals surface area contributed by atoms with Gasteiger partial charge in [0.15, 0.2) is 17.5 Å². The van der Waals surface area contributed by atoms with Gasteiger partial charge in [-0.15, -0.1) is 0 Å². The van der Waals surface area contributed by atoms with E-state index in [0.29, 0.717) is 65.1 Å². The molecule has 3 aromatic rings. The highest BCUT2D eigenvalue weighted by molar-refractivity contribution is 7.17. The van der Waals surface area contributed by atoms with Crippen molar-refractivity contribution in [2.75, 3.05) is 54.9 Å². The van der Waals surface area contributed by atoms with E-state index in [2.05, 4.69) is 35.4 Å². The maximum absolute atomic E-state index is 12.8. The van der Waals surface area contributed by atoms with E-state index in [1.54, 1.807) is 13.0 Å². The van der Waals surface area contributed by atoms with Crippen LogP contribution in [0.5, 0.6) is 0 Å². The van der Waals surface area contributed by atoms with Crippen LogP contribution in [0.2, 0.25) is 5.02 Å². The number of nitrogens with one attached hydrogen (secondary N) is 2. The van der Waals surface area contributed by atoms with Gasteiger partial charge in [-0.05, 0) is 25.5 Å². The molecule has 15 nitrogen and oxygen atoms in total. The van der Waals surface area contributed by atoms with Crippen LogP contribution >= 0.6 is 22.9 Å². The lowest BCUT2D eigenvalue weighted by Crippen LogP contribution is -2.60. The number of hydrogen-bond acceptors (Lipinski definition) is 14. The predicted molar refractivity (Wildman–Crippen MR) is 165 cm³/mol. The second-order valence-electron chi connectivity index (χ2n) is 10.6. The van der Waals surface area contributed by atoms with Crippen LogP contribution in [0.3, 0.4) is 0 Å². The van der Waals surface area contributed by atoms with E-state index in [9.17, 15) is 30.0 Å². The van der Waals surface area contributed by atoms with Gasteiger partial charge in [-0.3, -0.25) is 9.69 Å². The van der Waals surface area contributed by atoms with Crippen molar-refractivity contribution in [1.29, 1.82) is 0 Å². The number of carbonyl (C=O) groups is 2. The number of aliphatic hydroxyl groups is 3. The number of aliphatic carboxylic acids is 1. The van der Waals surface area contributed by atoms with Gasteiger partial charge < -0.3 is 45.4 Å². The first-order valence-electron chi connectivity index (χ1n) is 14.2. The SMILES string of the molecule is Cc1nc(Nc2ncc(C(=O)Nc3c(C)cccc3Cl)s2)cc(N2CCN(CCOC3OC(C(=O)O)C(O)C(O)C3O)CC2)n1. The van der Waals surface area contributed by atoms with E-state index in [1.807, 2.05) is 25.1 Å². The third-order valence-corrected chi connectivity index (χ3v) is 8.67. The number of nitrogens with zero attached hydrogens (tertiary/aromatic N) is 5. The van der Waals surface area contributed by atoms with E-state index in [4.69, 9.17) is 21.1 Å². The maximum Gasteiger partial charge on any atom is 0.335 e. The summed E-state index contributed by atoms with van der Waals surface area (Å²) in [4.78, 5) is 42.1. The molecule has 0 saturated carbocycles. The smallest absolute Gasteiger partial charge is 0.335 e. The molecule has 0 spiro atoms. The van der Waals surface area contributed by atoms with Gasteiger partial charge in [-0.25, -0.2) is 19.7 Å². The Labute approximate surface area is 267 Å². The number of aliphatic hydroxyl groups excluding tert-OH is 3. The number of rotatable bonds is 10. The molecular weight excluding hydrogens is 630 g/mol. The molecule has 0 bridgehead atoms. The molecule has 242 valence electrons. The number of aryl methyl sites for hydroxylation is 2. The summed E-state index contributed by atoms with van der Waals surface area (Å²) in [6.45, 7) is 6.92. The molecule has 0 aliphatic carbocycles. The second-order valence-corrected chi connectivity index (χ2v) is 12.1. The molecule has 6 N–H and O–H groups in total. The first-order chi connectivity index (χ1) is 21.5. The van der Waals surface area contributed by atoms with Crippen LogP contribution in [0, 0.1) is 13.8 Å². The van der Waals surface area contributed by atoms with E-state index >= 15 is 0 Å².